The molecule has 0 aromatic heterocycles. The molecule has 1 N–H and O–H groups in total. The standard InChI is InChI=1S/C14H29N/c1-4-6-10-14(11-7-5-2)12-8-9-13-15-3/h10,15H,4-9,11-13H2,1-3H3/b14-10+. The van der Waals surface area contributed by atoms with Gasteiger partial charge in [-0.3, -0.25) is 0 Å². The van der Waals surface area contributed by atoms with Crippen molar-refractivity contribution in [3.63, 3.8) is 0 Å². The Morgan fingerprint density at radius 1 is 1.00 bits per heavy atom. The van der Waals surface area contributed by atoms with Crippen molar-refractivity contribution in [1.82, 2.24) is 5.32 Å². The number of nitrogens with one attached hydrogen (secondary N) is 1. The molecule has 0 aromatic rings. The third-order valence-electron chi connectivity index (χ3n) is 2.75. The minimum Gasteiger partial charge on any atom is -0.320 e. The van der Waals surface area contributed by atoms with Gasteiger partial charge < -0.3 is 5.32 Å². The molecule has 0 saturated carbocycles. The second kappa shape index (κ2) is 11.8. The highest BCUT2D eigenvalue weighted by Gasteiger charge is 1.97. The largest absolute Gasteiger partial charge is 0.320 e. The summed E-state index contributed by atoms with van der Waals surface area (Å²) < 4.78 is 0. The highest BCUT2D eigenvalue weighted by molar-refractivity contribution is 5.01. The Labute approximate surface area is 96.3 Å². The zero-order chi connectivity index (χ0) is 11.4. The third kappa shape index (κ3) is 9.99. The quantitative estimate of drug-likeness (QED) is 0.420. The normalized spacial score (nSPS) is 12.1. The highest BCUT2D eigenvalue weighted by Crippen LogP contribution is 2.16. The van der Waals surface area contributed by atoms with Gasteiger partial charge >= 0.3 is 0 Å². The predicted octanol–water partition coefficient (Wildman–Crippen LogP) is 4.29. The van der Waals surface area contributed by atoms with Crippen LogP contribution in [0.1, 0.15) is 65.2 Å². The zero-order valence-corrected chi connectivity index (χ0v) is 10.9. The van der Waals surface area contributed by atoms with E-state index < -0.39 is 0 Å². The first-order valence-corrected chi connectivity index (χ1v) is 6.67. The highest BCUT2D eigenvalue weighted by atomic mass is 14.8. The van der Waals surface area contributed by atoms with Crippen molar-refractivity contribution in [2.45, 2.75) is 65.2 Å². The summed E-state index contributed by atoms with van der Waals surface area (Å²) in [5, 5.41) is 3.21. The fourth-order valence-electron chi connectivity index (χ4n) is 1.74. The predicted molar refractivity (Wildman–Crippen MR) is 70.3 cm³/mol. The van der Waals surface area contributed by atoms with Gasteiger partial charge in [0.05, 0.1) is 0 Å². The summed E-state index contributed by atoms with van der Waals surface area (Å²) in [6.45, 7) is 5.70. The van der Waals surface area contributed by atoms with Gasteiger partial charge in [0, 0.05) is 0 Å². The average Bonchev–Trinajstić information content (AvgIpc) is 2.27. The van der Waals surface area contributed by atoms with Gasteiger partial charge in [-0.05, 0) is 52.1 Å². The van der Waals surface area contributed by atoms with E-state index in [9.17, 15) is 0 Å². The van der Waals surface area contributed by atoms with Gasteiger partial charge in [0.25, 0.3) is 0 Å². The summed E-state index contributed by atoms with van der Waals surface area (Å²) in [4.78, 5) is 0. The molecule has 0 rings (SSSR count). The molecule has 0 aliphatic heterocycles. The lowest BCUT2D eigenvalue weighted by Crippen LogP contribution is -2.07. The minimum absolute atomic E-state index is 1.16. The smallest absolute Gasteiger partial charge is 0.00518 e. The van der Waals surface area contributed by atoms with Gasteiger partial charge in [-0.2, -0.15) is 0 Å². The van der Waals surface area contributed by atoms with Gasteiger partial charge in [0.1, 0.15) is 0 Å². The van der Waals surface area contributed by atoms with Crippen molar-refractivity contribution in [3.8, 4) is 0 Å². The zero-order valence-electron chi connectivity index (χ0n) is 10.9. The SMILES string of the molecule is CCC/C=C(\CCCC)CCCCNC. The Bertz CT molecular complexity index is 149. The van der Waals surface area contributed by atoms with Crippen molar-refractivity contribution in [2.75, 3.05) is 13.6 Å². The maximum absolute atomic E-state index is 3.21. The molecule has 0 saturated heterocycles. The van der Waals surface area contributed by atoms with Crippen LogP contribution in [-0.4, -0.2) is 13.6 Å². The summed E-state index contributed by atoms with van der Waals surface area (Å²) >= 11 is 0. The molecule has 0 unspecified atom stereocenters. The average molecular weight is 211 g/mol. The molecule has 0 bridgehead atoms. The fourth-order valence-corrected chi connectivity index (χ4v) is 1.74. The monoisotopic (exact) mass is 211 g/mol. The van der Waals surface area contributed by atoms with Crippen molar-refractivity contribution in [2.24, 2.45) is 0 Å². The van der Waals surface area contributed by atoms with E-state index in [0.29, 0.717) is 0 Å². The lowest BCUT2D eigenvalue weighted by molar-refractivity contribution is 0.652. The first kappa shape index (κ1) is 14.7. The Hall–Kier alpha value is -0.300. The Morgan fingerprint density at radius 3 is 2.33 bits per heavy atom. The molecule has 15 heavy (non-hydrogen) atoms. The molecule has 1 nitrogen and oxygen atoms in total. The maximum Gasteiger partial charge on any atom is -0.00518 e. The van der Waals surface area contributed by atoms with E-state index in [1.807, 2.05) is 7.05 Å². The van der Waals surface area contributed by atoms with Crippen LogP contribution >= 0.6 is 0 Å². The molecule has 0 fully saturated rings. The van der Waals surface area contributed by atoms with Crippen LogP contribution < -0.4 is 5.32 Å². The van der Waals surface area contributed by atoms with Crippen LogP contribution in [0.15, 0.2) is 11.6 Å². The fraction of sp³-hybridized carbons (Fsp3) is 0.857. The van der Waals surface area contributed by atoms with E-state index in [1.165, 1.54) is 51.4 Å². The molecule has 0 amide bonds. The molecular formula is C14H29N. The molecule has 0 aromatic carbocycles. The van der Waals surface area contributed by atoms with E-state index in [4.69, 9.17) is 0 Å². The summed E-state index contributed by atoms with van der Waals surface area (Å²) in [5.74, 6) is 0. The van der Waals surface area contributed by atoms with Crippen molar-refractivity contribution in [3.05, 3.63) is 11.6 Å². The van der Waals surface area contributed by atoms with E-state index in [0.717, 1.165) is 6.54 Å². The molecule has 0 atom stereocenters. The van der Waals surface area contributed by atoms with Crippen molar-refractivity contribution < 1.29 is 0 Å². The molecule has 90 valence electrons. The van der Waals surface area contributed by atoms with Gasteiger partial charge in [-0.15, -0.1) is 0 Å². The van der Waals surface area contributed by atoms with Crippen LogP contribution in [0, 0.1) is 0 Å². The molecule has 0 aliphatic rings. The van der Waals surface area contributed by atoms with E-state index in [1.54, 1.807) is 5.57 Å². The first-order valence-electron chi connectivity index (χ1n) is 6.67. The van der Waals surface area contributed by atoms with Crippen LogP contribution in [0.4, 0.5) is 0 Å². The van der Waals surface area contributed by atoms with Crippen LogP contribution in [0.5, 0.6) is 0 Å². The summed E-state index contributed by atoms with van der Waals surface area (Å²) in [6.07, 6.45) is 13.0. The van der Waals surface area contributed by atoms with E-state index >= 15 is 0 Å². The van der Waals surface area contributed by atoms with E-state index in [2.05, 4.69) is 25.2 Å². The van der Waals surface area contributed by atoms with E-state index in [-0.39, 0.29) is 0 Å². The van der Waals surface area contributed by atoms with Gasteiger partial charge in [-0.1, -0.05) is 38.3 Å². The van der Waals surface area contributed by atoms with Gasteiger partial charge in [0.2, 0.25) is 0 Å². The Morgan fingerprint density at radius 2 is 1.73 bits per heavy atom. The molecule has 0 heterocycles. The second-order valence-corrected chi connectivity index (χ2v) is 4.32. The van der Waals surface area contributed by atoms with Crippen LogP contribution in [0.2, 0.25) is 0 Å². The minimum atomic E-state index is 1.16. The Balaban J connectivity index is 3.69. The number of unbranched alkanes of at least 4 members (excludes halogenated alkanes) is 3. The summed E-state index contributed by atoms with van der Waals surface area (Å²) in [6, 6.07) is 0. The number of rotatable bonds is 10. The van der Waals surface area contributed by atoms with Crippen LogP contribution in [0.3, 0.4) is 0 Å². The number of hydrogen-bond donors (Lipinski definition) is 1. The van der Waals surface area contributed by atoms with Crippen molar-refractivity contribution in [1.29, 1.82) is 0 Å². The molecule has 0 aliphatic carbocycles. The lowest BCUT2D eigenvalue weighted by atomic mass is 10.0. The summed E-state index contributed by atoms with van der Waals surface area (Å²) in [7, 11) is 2.03. The molecule has 0 spiro atoms. The van der Waals surface area contributed by atoms with Gasteiger partial charge in [0.15, 0.2) is 0 Å². The number of hydrogen-bond acceptors (Lipinski definition) is 1. The second-order valence-electron chi connectivity index (χ2n) is 4.32. The topological polar surface area (TPSA) is 12.0 Å². The number of allylic oxidation sites excluding steroid dienone is 2. The van der Waals surface area contributed by atoms with Crippen molar-refractivity contribution >= 4 is 0 Å². The molecule has 0 radical (unpaired) electrons. The van der Waals surface area contributed by atoms with Crippen LogP contribution in [-0.2, 0) is 0 Å². The molecular weight excluding hydrogens is 182 g/mol. The summed E-state index contributed by atoms with van der Waals surface area (Å²) in [5.41, 5.74) is 1.70. The molecule has 1 heteroatoms. The Kier molecular flexibility index (Phi) is 11.5. The lowest BCUT2D eigenvalue weighted by Gasteiger charge is -2.07. The third-order valence-corrected chi connectivity index (χ3v) is 2.75. The van der Waals surface area contributed by atoms with Crippen LogP contribution in [0.25, 0.3) is 0 Å². The first-order chi connectivity index (χ1) is 7.35. The maximum atomic E-state index is 3.21. The van der Waals surface area contributed by atoms with Gasteiger partial charge in [-0.25, -0.2) is 0 Å².